The molecule has 0 spiro atoms. The molecule has 0 amide bonds. The number of allylic oxidation sites excluding steroid dienone is 1. The first-order chi connectivity index (χ1) is 11.4. The Morgan fingerprint density at radius 3 is 1.69 bits per heavy atom. The highest BCUT2D eigenvalue weighted by molar-refractivity contribution is 7.86. The summed E-state index contributed by atoms with van der Waals surface area (Å²) >= 11 is 0. The summed E-state index contributed by atoms with van der Waals surface area (Å²) in [5, 5.41) is 0.438. The third-order valence-electron chi connectivity index (χ3n) is 5.50. The second-order valence-corrected chi connectivity index (χ2v) is 18.2. The third-order valence-corrected chi connectivity index (χ3v) is 14.7. The van der Waals surface area contributed by atoms with Gasteiger partial charge in [0.15, 0.2) is 0 Å². The maximum Gasteiger partial charge on any atom is 0.294 e. The number of hydrogen-bond donors (Lipinski definition) is 1. The molecule has 3 nitrogen and oxygen atoms in total. The van der Waals surface area contributed by atoms with Crippen molar-refractivity contribution in [1.82, 2.24) is 0 Å². The first-order valence-corrected chi connectivity index (χ1v) is 12.6. The largest absolute Gasteiger partial charge is 0.294 e. The molecule has 0 heterocycles. The summed E-state index contributed by atoms with van der Waals surface area (Å²) < 4.78 is 35.2. The van der Waals surface area contributed by atoms with Crippen LogP contribution in [-0.4, -0.2) is 21.0 Å². The topological polar surface area (TPSA) is 54.4 Å². The summed E-state index contributed by atoms with van der Waals surface area (Å²) in [5.41, 5.74) is 0.620. The fraction of sp³-hybridized carbons (Fsp3) is 0.619. The average Bonchev–Trinajstić information content (AvgIpc) is 2.32. The van der Waals surface area contributed by atoms with Crippen LogP contribution in [0, 0.1) is 0 Å². The molecule has 148 valence electrons. The molecule has 0 radical (unpaired) electrons. The van der Waals surface area contributed by atoms with Gasteiger partial charge in [-0.15, -0.1) is 6.58 Å². The monoisotopic (exact) mass is 396 g/mol. The Bertz CT molecular complexity index is 737. The van der Waals surface area contributed by atoms with Crippen molar-refractivity contribution >= 4 is 23.4 Å². The van der Waals surface area contributed by atoms with Gasteiger partial charge >= 0.3 is 0 Å². The van der Waals surface area contributed by atoms with Crippen molar-refractivity contribution in [2.75, 3.05) is 0 Å². The predicted octanol–water partition coefficient (Wildman–Crippen LogP) is 5.72. The van der Waals surface area contributed by atoms with Crippen LogP contribution < -0.4 is 5.19 Å². The molecular weight excluding hydrogens is 360 g/mol. The van der Waals surface area contributed by atoms with E-state index in [9.17, 15) is 13.0 Å². The Kier molecular flexibility index (Phi) is 6.15. The molecule has 0 unspecified atom stereocenters. The van der Waals surface area contributed by atoms with E-state index < -0.39 is 18.2 Å². The van der Waals surface area contributed by atoms with E-state index in [1.54, 1.807) is 12.1 Å². The van der Waals surface area contributed by atoms with Gasteiger partial charge in [-0.05, 0) is 32.3 Å². The van der Waals surface area contributed by atoms with Crippen LogP contribution >= 0.6 is 0 Å². The molecule has 0 bridgehead atoms. The number of rotatable bonds is 4. The summed E-state index contributed by atoms with van der Waals surface area (Å²) in [4.78, 5) is 0.103. The molecular formula is C21H36O3SSi. The molecule has 0 aliphatic carbocycles. The Balaban J connectivity index is 4.28. The zero-order valence-electron chi connectivity index (χ0n) is 17.9. The fourth-order valence-electron chi connectivity index (χ4n) is 6.09. The van der Waals surface area contributed by atoms with Crippen molar-refractivity contribution < 1.29 is 13.0 Å². The highest BCUT2D eigenvalue weighted by Gasteiger charge is 2.62. The minimum atomic E-state index is -4.36. The molecule has 0 aliphatic rings. The normalized spacial score (nSPS) is 14.4. The minimum Gasteiger partial charge on any atom is -0.282 e. The van der Waals surface area contributed by atoms with Gasteiger partial charge in [0.05, 0.1) is 4.90 Å². The summed E-state index contributed by atoms with van der Waals surface area (Å²) in [5.74, 6) is 0. The van der Waals surface area contributed by atoms with Crippen LogP contribution in [0.2, 0.25) is 15.1 Å². The number of hydrogen-bond acceptors (Lipinski definition) is 2. The zero-order chi connectivity index (χ0) is 20.8. The molecule has 0 saturated heterocycles. The summed E-state index contributed by atoms with van der Waals surface area (Å²) in [6.07, 6.45) is 2.09. The molecule has 0 aliphatic heterocycles. The quantitative estimate of drug-likeness (QED) is 0.402. The lowest BCUT2D eigenvalue weighted by Gasteiger charge is -2.60. The lowest BCUT2D eigenvalue weighted by atomic mass is 10.1. The highest BCUT2D eigenvalue weighted by Crippen LogP contribution is 2.62. The van der Waals surface area contributed by atoms with Gasteiger partial charge in [-0.25, -0.2) is 0 Å². The van der Waals surface area contributed by atoms with Gasteiger partial charge in [-0.3, -0.25) is 4.55 Å². The Morgan fingerprint density at radius 2 is 1.38 bits per heavy atom. The first kappa shape index (κ1) is 23.1. The second kappa shape index (κ2) is 6.92. The maximum atomic E-state index is 12.5. The van der Waals surface area contributed by atoms with E-state index in [1.165, 1.54) is 0 Å². The van der Waals surface area contributed by atoms with E-state index in [2.05, 4.69) is 68.9 Å². The molecule has 5 heteroatoms. The second-order valence-electron chi connectivity index (χ2n) is 10.3. The van der Waals surface area contributed by atoms with Crippen molar-refractivity contribution in [3.63, 3.8) is 0 Å². The van der Waals surface area contributed by atoms with Crippen LogP contribution in [0.15, 0.2) is 35.7 Å². The molecule has 1 N–H and O–H groups in total. The highest BCUT2D eigenvalue weighted by atomic mass is 32.2. The maximum absolute atomic E-state index is 12.5. The molecule has 0 fully saturated rings. The van der Waals surface area contributed by atoms with Crippen LogP contribution in [0.4, 0.5) is 0 Å². The molecule has 0 aromatic heterocycles. The van der Waals surface area contributed by atoms with Gasteiger partial charge in [0.2, 0.25) is 0 Å². The lowest BCUT2D eigenvalue weighted by molar-refractivity contribution is 0.482. The van der Waals surface area contributed by atoms with Crippen molar-refractivity contribution in [2.24, 2.45) is 0 Å². The minimum absolute atomic E-state index is 0.103. The lowest BCUT2D eigenvalue weighted by Crippen LogP contribution is -2.67. The van der Waals surface area contributed by atoms with Crippen molar-refractivity contribution in [3.05, 3.63) is 36.4 Å². The summed E-state index contributed by atoms with van der Waals surface area (Å²) in [7, 11) is -6.93. The van der Waals surface area contributed by atoms with Crippen molar-refractivity contribution in [2.45, 2.75) is 88.7 Å². The predicted molar refractivity (Wildman–Crippen MR) is 115 cm³/mol. The van der Waals surface area contributed by atoms with Gasteiger partial charge in [0.25, 0.3) is 10.1 Å². The van der Waals surface area contributed by atoms with Gasteiger partial charge in [0, 0.05) is 0 Å². The van der Waals surface area contributed by atoms with Gasteiger partial charge in [-0.1, -0.05) is 86.6 Å². The summed E-state index contributed by atoms with van der Waals surface area (Å²) in [6, 6.07) is 5.64. The number of benzene rings is 1. The van der Waals surface area contributed by atoms with Gasteiger partial charge in [-0.2, -0.15) is 8.42 Å². The van der Waals surface area contributed by atoms with Crippen LogP contribution in [0.5, 0.6) is 0 Å². The molecule has 1 aromatic carbocycles. The summed E-state index contributed by atoms with van der Waals surface area (Å²) in [6.45, 7) is 23.7. The standard InChI is InChI=1S/C21H36O3SSi/c1-11-13-16-14-12-15-17(18(16)25(22,23)24)26(19(2,3)4,20(5,6)7)21(8,9)10/h11-12,14-15H,1,13H2,2-10H3,(H,22,23,24). The molecule has 0 atom stereocenters. The van der Waals surface area contributed by atoms with Crippen LogP contribution in [-0.2, 0) is 16.5 Å². The van der Waals surface area contributed by atoms with Crippen LogP contribution in [0.3, 0.4) is 0 Å². The van der Waals surface area contributed by atoms with Gasteiger partial charge in [0.1, 0.15) is 8.07 Å². The third kappa shape index (κ3) is 3.71. The molecule has 0 saturated carbocycles. The average molecular weight is 397 g/mol. The molecule has 26 heavy (non-hydrogen) atoms. The van der Waals surface area contributed by atoms with Crippen molar-refractivity contribution in [3.8, 4) is 0 Å². The van der Waals surface area contributed by atoms with Crippen molar-refractivity contribution in [1.29, 1.82) is 0 Å². The van der Waals surface area contributed by atoms with E-state index in [1.807, 2.05) is 12.1 Å². The SMILES string of the molecule is C=CCc1cccc([Si](C(C)(C)C)(C(C)(C)C)C(C)(C)C)c1S(=O)(=O)O. The van der Waals surface area contributed by atoms with E-state index >= 15 is 0 Å². The molecule has 1 aromatic rings. The van der Waals surface area contributed by atoms with Gasteiger partial charge < -0.3 is 0 Å². The Hall–Kier alpha value is -0.913. The van der Waals surface area contributed by atoms with Crippen LogP contribution in [0.25, 0.3) is 0 Å². The van der Waals surface area contributed by atoms with E-state index in [4.69, 9.17) is 0 Å². The van der Waals surface area contributed by atoms with E-state index in [0.29, 0.717) is 12.0 Å². The Morgan fingerprint density at radius 1 is 0.962 bits per heavy atom. The molecule has 1 rings (SSSR count). The zero-order valence-corrected chi connectivity index (χ0v) is 19.7. The fourth-order valence-corrected chi connectivity index (χ4v) is 17.8. The first-order valence-electron chi connectivity index (χ1n) is 9.13. The smallest absolute Gasteiger partial charge is 0.282 e. The van der Waals surface area contributed by atoms with E-state index in [0.717, 1.165) is 5.19 Å². The van der Waals surface area contributed by atoms with E-state index in [-0.39, 0.29) is 20.0 Å². The van der Waals surface area contributed by atoms with Crippen LogP contribution in [0.1, 0.15) is 67.9 Å². The Labute approximate surface area is 161 Å².